The highest BCUT2D eigenvalue weighted by Crippen LogP contribution is 2.32. The monoisotopic (exact) mass is 320 g/mol. The van der Waals surface area contributed by atoms with E-state index in [0.29, 0.717) is 6.04 Å². The minimum absolute atomic E-state index is 0.409. The largest absolute Gasteiger partial charge is 0.493 e. The maximum absolute atomic E-state index is 5.49. The quantitative estimate of drug-likeness (QED) is 0.705. The van der Waals surface area contributed by atoms with E-state index < -0.39 is 0 Å². The molecule has 1 aromatic carbocycles. The van der Waals surface area contributed by atoms with Crippen molar-refractivity contribution in [3.63, 3.8) is 0 Å². The summed E-state index contributed by atoms with van der Waals surface area (Å²) in [7, 11) is 3.39. The Hall–Kier alpha value is -1.26. The van der Waals surface area contributed by atoms with E-state index in [9.17, 15) is 0 Å². The molecule has 1 aliphatic rings. The number of likely N-dealkylation sites (tertiary alicyclic amines) is 1. The minimum atomic E-state index is 0.409. The molecule has 1 fully saturated rings. The Labute approximate surface area is 141 Å². The van der Waals surface area contributed by atoms with Crippen LogP contribution in [0.1, 0.15) is 50.6 Å². The molecular weight excluding hydrogens is 288 g/mol. The number of methoxy groups -OCH3 is 2. The number of hydrogen-bond acceptors (Lipinski definition) is 4. The van der Waals surface area contributed by atoms with Crippen LogP contribution >= 0.6 is 0 Å². The normalized spacial score (nSPS) is 17.0. The molecule has 0 spiro atoms. The molecule has 1 aliphatic heterocycles. The molecule has 1 atom stereocenters. The SMILES string of the molecule is CCCCNCC(c1ccc(OC)c(OC)c1)N1CCCCC1. The van der Waals surface area contributed by atoms with Gasteiger partial charge in [0.2, 0.25) is 0 Å². The number of unbranched alkanes of at least 4 members (excludes halogenated alkanes) is 1. The van der Waals surface area contributed by atoms with E-state index >= 15 is 0 Å². The zero-order chi connectivity index (χ0) is 16.5. The molecule has 4 nitrogen and oxygen atoms in total. The molecule has 1 N–H and O–H groups in total. The van der Waals surface area contributed by atoms with E-state index in [4.69, 9.17) is 9.47 Å². The lowest BCUT2D eigenvalue weighted by Crippen LogP contribution is -2.39. The van der Waals surface area contributed by atoms with E-state index in [1.807, 2.05) is 6.07 Å². The molecule has 4 heteroatoms. The van der Waals surface area contributed by atoms with Gasteiger partial charge in [0.1, 0.15) is 0 Å². The second-order valence-corrected chi connectivity index (χ2v) is 6.28. The second-order valence-electron chi connectivity index (χ2n) is 6.28. The average Bonchev–Trinajstić information content (AvgIpc) is 2.62. The first-order valence-electron chi connectivity index (χ1n) is 8.96. The van der Waals surface area contributed by atoms with Gasteiger partial charge in [-0.25, -0.2) is 0 Å². The van der Waals surface area contributed by atoms with Gasteiger partial charge in [0.15, 0.2) is 11.5 Å². The van der Waals surface area contributed by atoms with Gasteiger partial charge < -0.3 is 14.8 Å². The van der Waals surface area contributed by atoms with Crippen molar-refractivity contribution >= 4 is 0 Å². The molecule has 0 aromatic heterocycles. The number of rotatable bonds is 9. The fraction of sp³-hybridized carbons (Fsp3) is 0.684. The Morgan fingerprint density at radius 2 is 1.83 bits per heavy atom. The molecule has 1 unspecified atom stereocenters. The third kappa shape index (κ3) is 5.11. The minimum Gasteiger partial charge on any atom is -0.493 e. The van der Waals surface area contributed by atoms with Crippen LogP contribution in [0.2, 0.25) is 0 Å². The van der Waals surface area contributed by atoms with Crippen LogP contribution in [-0.4, -0.2) is 45.3 Å². The van der Waals surface area contributed by atoms with Crippen LogP contribution in [0, 0.1) is 0 Å². The van der Waals surface area contributed by atoms with Crippen LogP contribution in [0.4, 0.5) is 0 Å². The van der Waals surface area contributed by atoms with E-state index in [2.05, 4.69) is 29.3 Å². The van der Waals surface area contributed by atoms with Gasteiger partial charge in [-0.1, -0.05) is 25.8 Å². The maximum atomic E-state index is 5.49. The van der Waals surface area contributed by atoms with E-state index in [0.717, 1.165) is 24.6 Å². The van der Waals surface area contributed by atoms with Gasteiger partial charge in [-0.2, -0.15) is 0 Å². The highest BCUT2D eigenvalue weighted by molar-refractivity contribution is 5.44. The molecule has 1 aromatic rings. The van der Waals surface area contributed by atoms with Crippen molar-refractivity contribution in [2.75, 3.05) is 40.4 Å². The Balaban J connectivity index is 2.14. The lowest BCUT2D eigenvalue weighted by Gasteiger charge is -2.35. The van der Waals surface area contributed by atoms with Crippen molar-refractivity contribution < 1.29 is 9.47 Å². The van der Waals surface area contributed by atoms with Gasteiger partial charge in [-0.3, -0.25) is 4.90 Å². The number of nitrogens with zero attached hydrogens (tertiary/aromatic N) is 1. The summed E-state index contributed by atoms with van der Waals surface area (Å²) in [6.45, 7) is 6.70. The second kappa shape index (κ2) is 9.78. The smallest absolute Gasteiger partial charge is 0.161 e. The van der Waals surface area contributed by atoms with Gasteiger partial charge in [-0.15, -0.1) is 0 Å². The average molecular weight is 320 g/mol. The molecular formula is C19H32N2O2. The number of piperidine rings is 1. The van der Waals surface area contributed by atoms with Crippen LogP contribution in [-0.2, 0) is 0 Å². The highest BCUT2D eigenvalue weighted by atomic mass is 16.5. The molecule has 0 amide bonds. The molecule has 0 radical (unpaired) electrons. The van der Waals surface area contributed by atoms with Gasteiger partial charge in [0.25, 0.3) is 0 Å². The molecule has 0 bridgehead atoms. The van der Waals surface area contributed by atoms with Crippen molar-refractivity contribution in [2.45, 2.75) is 45.1 Å². The fourth-order valence-electron chi connectivity index (χ4n) is 3.29. The Bertz CT molecular complexity index is 459. The Morgan fingerprint density at radius 3 is 2.48 bits per heavy atom. The summed E-state index contributed by atoms with van der Waals surface area (Å²) >= 11 is 0. The first-order chi connectivity index (χ1) is 11.3. The van der Waals surface area contributed by atoms with Gasteiger partial charge in [-0.05, 0) is 56.6 Å². The van der Waals surface area contributed by atoms with Gasteiger partial charge >= 0.3 is 0 Å². The maximum Gasteiger partial charge on any atom is 0.161 e. The molecule has 2 rings (SSSR count). The third-order valence-corrected chi connectivity index (χ3v) is 4.67. The van der Waals surface area contributed by atoms with E-state index in [1.54, 1.807) is 14.2 Å². The van der Waals surface area contributed by atoms with Crippen molar-refractivity contribution in [3.8, 4) is 11.5 Å². The van der Waals surface area contributed by atoms with Crippen LogP contribution in [0.3, 0.4) is 0 Å². The van der Waals surface area contributed by atoms with E-state index in [1.165, 1.54) is 50.8 Å². The lowest BCUT2D eigenvalue weighted by molar-refractivity contribution is 0.160. The predicted molar refractivity (Wildman–Crippen MR) is 95.5 cm³/mol. The summed E-state index contributed by atoms with van der Waals surface area (Å²) < 4.78 is 10.9. The first-order valence-corrected chi connectivity index (χ1v) is 8.96. The van der Waals surface area contributed by atoms with Crippen molar-refractivity contribution in [3.05, 3.63) is 23.8 Å². The number of ether oxygens (including phenoxy) is 2. The van der Waals surface area contributed by atoms with Crippen LogP contribution in [0.25, 0.3) is 0 Å². The van der Waals surface area contributed by atoms with Crippen molar-refractivity contribution in [1.29, 1.82) is 0 Å². The zero-order valence-corrected chi connectivity index (χ0v) is 14.9. The Kier molecular flexibility index (Phi) is 7.69. The highest BCUT2D eigenvalue weighted by Gasteiger charge is 2.23. The predicted octanol–water partition coefficient (Wildman–Crippen LogP) is 3.62. The number of hydrogen-bond donors (Lipinski definition) is 1. The first kappa shape index (κ1) is 18.1. The topological polar surface area (TPSA) is 33.7 Å². The molecule has 130 valence electrons. The lowest BCUT2D eigenvalue weighted by atomic mass is 10.0. The van der Waals surface area contributed by atoms with Crippen molar-refractivity contribution in [2.24, 2.45) is 0 Å². The molecule has 0 aliphatic carbocycles. The summed E-state index contributed by atoms with van der Waals surface area (Å²) in [5, 5.41) is 3.63. The molecule has 23 heavy (non-hydrogen) atoms. The van der Waals surface area contributed by atoms with Crippen LogP contribution in [0.5, 0.6) is 11.5 Å². The van der Waals surface area contributed by atoms with E-state index in [-0.39, 0.29) is 0 Å². The van der Waals surface area contributed by atoms with Crippen molar-refractivity contribution in [1.82, 2.24) is 10.2 Å². The summed E-state index contributed by atoms with van der Waals surface area (Å²) in [6.07, 6.45) is 6.44. The molecule has 0 saturated carbocycles. The fourth-order valence-corrected chi connectivity index (χ4v) is 3.29. The number of nitrogens with one attached hydrogen (secondary N) is 1. The molecule has 1 heterocycles. The summed E-state index contributed by atoms with van der Waals surface area (Å²) in [5.41, 5.74) is 1.31. The molecule has 1 saturated heterocycles. The number of benzene rings is 1. The van der Waals surface area contributed by atoms with Crippen LogP contribution < -0.4 is 14.8 Å². The third-order valence-electron chi connectivity index (χ3n) is 4.67. The van der Waals surface area contributed by atoms with Gasteiger partial charge in [0, 0.05) is 12.6 Å². The van der Waals surface area contributed by atoms with Gasteiger partial charge in [0.05, 0.1) is 14.2 Å². The summed E-state index contributed by atoms with van der Waals surface area (Å²) in [4.78, 5) is 2.61. The summed E-state index contributed by atoms with van der Waals surface area (Å²) in [6, 6.07) is 6.76. The standard InChI is InChI=1S/C19H32N2O2/c1-4-5-11-20-15-17(21-12-7-6-8-13-21)16-9-10-18(22-2)19(14-16)23-3/h9-10,14,17,20H,4-8,11-13,15H2,1-3H3. The summed E-state index contributed by atoms with van der Waals surface area (Å²) in [5.74, 6) is 1.62. The zero-order valence-electron chi connectivity index (χ0n) is 14.9. The Morgan fingerprint density at radius 1 is 1.09 bits per heavy atom. The van der Waals surface area contributed by atoms with Crippen LogP contribution in [0.15, 0.2) is 18.2 Å².